The van der Waals surface area contributed by atoms with Gasteiger partial charge in [-0.25, -0.2) is 4.39 Å². The van der Waals surface area contributed by atoms with E-state index < -0.39 is 0 Å². The molecule has 0 spiro atoms. The Morgan fingerprint density at radius 1 is 1.30 bits per heavy atom. The van der Waals surface area contributed by atoms with Crippen LogP contribution < -0.4 is 10.2 Å². The summed E-state index contributed by atoms with van der Waals surface area (Å²) in [5, 5.41) is 3.44. The fourth-order valence-electron chi connectivity index (χ4n) is 2.39. The Morgan fingerprint density at radius 3 is 2.85 bits per heavy atom. The van der Waals surface area contributed by atoms with Crippen LogP contribution in [-0.4, -0.2) is 13.1 Å². The van der Waals surface area contributed by atoms with Gasteiger partial charge in [-0.3, -0.25) is 0 Å². The largest absolute Gasteiger partial charge is 0.467 e. The fourth-order valence-corrected chi connectivity index (χ4v) is 2.39. The number of furan rings is 1. The summed E-state index contributed by atoms with van der Waals surface area (Å²) >= 11 is 0. The van der Waals surface area contributed by atoms with E-state index in [1.54, 1.807) is 12.3 Å². The van der Waals surface area contributed by atoms with Crippen LogP contribution in [0.25, 0.3) is 0 Å². The van der Waals surface area contributed by atoms with Gasteiger partial charge in [0, 0.05) is 19.6 Å². The first-order chi connectivity index (χ1) is 9.74. The van der Waals surface area contributed by atoms with Crippen LogP contribution in [0.3, 0.4) is 0 Å². The van der Waals surface area contributed by atoms with E-state index in [-0.39, 0.29) is 5.82 Å². The van der Waals surface area contributed by atoms with Crippen molar-refractivity contribution in [2.75, 3.05) is 11.9 Å². The molecule has 2 aromatic rings. The van der Waals surface area contributed by atoms with Crippen molar-refractivity contribution in [2.45, 2.75) is 32.0 Å². The molecule has 0 aliphatic heterocycles. The molecule has 1 saturated carbocycles. The highest BCUT2D eigenvalue weighted by Gasteiger charge is 2.21. The van der Waals surface area contributed by atoms with Crippen LogP contribution in [0.4, 0.5) is 10.1 Å². The van der Waals surface area contributed by atoms with E-state index in [0.717, 1.165) is 11.3 Å². The molecule has 1 aliphatic rings. The van der Waals surface area contributed by atoms with Gasteiger partial charge in [0.25, 0.3) is 0 Å². The Hall–Kier alpha value is -1.81. The van der Waals surface area contributed by atoms with Crippen molar-refractivity contribution in [3.63, 3.8) is 0 Å². The van der Waals surface area contributed by atoms with Crippen LogP contribution in [-0.2, 0) is 13.1 Å². The maximum absolute atomic E-state index is 14.2. The second kappa shape index (κ2) is 5.67. The van der Waals surface area contributed by atoms with Gasteiger partial charge >= 0.3 is 0 Å². The van der Waals surface area contributed by atoms with Gasteiger partial charge in [-0.15, -0.1) is 0 Å². The molecule has 1 aromatic heterocycles. The Balaban J connectivity index is 1.78. The van der Waals surface area contributed by atoms with E-state index >= 15 is 0 Å². The number of nitrogens with zero attached hydrogens (tertiary/aromatic N) is 1. The summed E-state index contributed by atoms with van der Waals surface area (Å²) in [5.41, 5.74) is 1.64. The predicted molar refractivity (Wildman–Crippen MR) is 77.1 cm³/mol. The standard InChI is InChI=1S/C16H19FN2O/c1-19(11-14-5-3-9-20-14)16-12(4-2-6-15(16)17)10-18-13-7-8-13/h2-6,9,13,18H,7-8,10-11H2,1H3. The fraction of sp³-hybridized carbons (Fsp3) is 0.375. The highest BCUT2D eigenvalue weighted by Crippen LogP contribution is 2.26. The average Bonchev–Trinajstić information content (AvgIpc) is 3.13. The Kier molecular flexibility index (Phi) is 3.74. The number of hydrogen-bond acceptors (Lipinski definition) is 3. The Bertz CT molecular complexity index is 564. The molecule has 1 heterocycles. The summed E-state index contributed by atoms with van der Waals surface area (Å²) < 4.78 is 19.5. The maximum atomic E-state index is 14.2. The van der Waals surface area contributed by atoms with Crippen molar-refractivity contribution < 1.29 is 8.81 Å². The molecule has 3 nitrogen and oxygen atoms in total. The van der Waals surface area contributed by atoms with Crippen molar-refractivity contribution in [3.8, 4) is 0 Å². The molecule has 0 unspecified atom stereocenters. The minimum Gasteiger partial charge on any atom is -0.467 e. The van der Waals surface area contributed by atoms with Crippen molar-refractivity contribution in [3.05, 3.63) is 53.7 Å². The zero-order valence-electron chi connectivity index (χ0n) is 11.6. The van der Waals surface area contributed by atoms with E-state index in [4.69, 9.17) is 4.42 Å². The van der Waals surface area contributed by atoms with Crippen LogP contribution in [0.1, 0.15) is 24.2 Å². The quantitative estimate of drug-likeness (QED) is 0.876. The first kappa shape index (κ1) is 13.2. The minimum absolute atomic E-state index is 0.186. The van der Waals surface area contributed by atoms with Gasteiger partial charge in [0.1, 0.15) is 11.6 Å². The molecule has 20 heavy (non-hydrogen) atoms. The summed E-state index contributed by atoms with van der Waals surface area (Å²) in [6.45, 7) is 1.27. The lowest BCUT2D eigenvalue weighted by molar-refractivity contribution is 0.505. The van der Waals surface area contributed by atoms with Crippen LogP contribution in [0, 0.1) is 5.82 Å². The molecule has 0 amide bonds. The summed E-state index contributed by atoms with van der Waals surface area (Å²) in [6.07, 6.45) is 4.10. The number of benzene rings is 1. The highest BCUT2D eigenvalue weighted by atomic mass is 19.1. The van der Waals surface area contributed by atoms with E-state index in [9.17, 15) is 4.39 Å². The number of rotatable bonds is 6. The Labute approximate surface area is 118 Å². The van der Waals surface area contributed by atoms with Gasteiger partial charge in [0.15, 0.2) is 0 Å². The third-order valence-electron chi connectivity index (χ3n) is 3.58. The topological polar surface area (TPSA) is 28.4 Å². The van der Waals surface area contributed by atoms with Crippen molar-refractivity contribution in [1.82, 2.24) is 5.32 Å². The molecular formula is C16H19FN2O. The third-order valence-corrected chi connectivity index (χ3v) is 3.58. The predicted octanol–water partition coefficient (Wildman–Crippen LogP) is 3.31. The zero-order chi connectivity index (χ0) is 13.9. The molecule has 106 valence electrons. The molecule has 1 aromatic carbocycles. The first-order valence-electron chi connectivity index (χ1n) is 6.98. The van der Waals surface area contributed by atoms with Crippen LogP contribution in [0.5, 0.6) is 0 Å². The monoisotopic (exact) mass is 274 g/mol. The molecule has 1 N–H and O–H groups in total. The summed E-state index contributed by atoms with van der Waals surface area (Å²) in [4.78, 5) is 1.90. The van der Waals surface area contributed by atoms with Crippen molar-refractivity contribution in [1.29, 1.82) is 0 Å². The summed E-state index contributed by atoms with van der Waals surface area (Å²) in [7, 11) is 1.89. The van der Waals surface area contributed by atoms with E-state index in [2.05, 4.69) is 5.32 Å². The normalized spacial score (nSPS) is 14.5. The van der Waals surface area contributed by atoms with Crippen molar-refractivity contribution >= 4 is 5.69 Å². The van der Waals surface area contributed by atoms with Crippen LogP contribution in [0.2, 0.25) is 0 Å². The average molecular weight is 274 g/mol. The molecule has 0 radical (unpaired) electrons. The van der Waals surface area contributed by atoms with E-state index in [0.29, 0.717) is 24.8 Å². The number of anilines is 1. The SMILES string of the molecule is CN(Cc1ccco1)c1c(F)cccc1CNC1CC1. The lowest BCUT2D eigenvalue weighted by Gasteiger charge is -2.22. The minimum atomic E-state index is -0.186. The lowest BCUT2D eigenvalue weighted by Crippen LogP contribution is -2.22. The molecule has 0 bridgehead atoms. The van der Waals surface area contributed by atoms with Crippen LogP contribution >= 0.6 is 0 Å². The van der Waals surface area contributed by atoms with Gasteiger partial charge in [0.2, 0.25) is 0 Å². The Morgan fingerprint density at radius 2 is 2.15 bits per heavy atom. The number of halogens is 1. The van der Waals surface area contributed by atoms with Gasteiger partial charge in [-0.2, -0.15) is 0 Å². The van der Waals surface area contributed by atoms with Gasteiger partial charge in [-0.1, -0.05) is 12.1 Å². The van der Waals surface area contributed by atoms with Gasteiger partial charge in [-0.05, 0) is 36.6 Å². The van der Waals surface area contributed by atoms with E-state index in [1.165, 1.54) is 18.9 Å². The highest BCUT2D eigenvalue weighted by molar-refractivity contribution is 5.54. The lowest BCUT2D eigenvalue weighted by atomic mass is 10.1. The summed E-state index contributed by atoms with van der Waals surface area (Å²) in [6, 6.07) is 9.62. The molecule has 1 aliphatic carbocycles. The zero-order valence-corrected chi connectivity index (χ0v) is 11.6. The number of hydrogen-bond donors (Lipinski definition) is 1. The first-order valence-corrected chi connectivity index (χ1v) is 6.98. The second-order valence-electron chi connectivity index (χ2n) is 5.34. The van der Waals surface area contributed by atoms with Crippen molar-refractivity contribution in [2.24, 2.45) is 0 Å². The molecule has 4 heteroatoms. The second-order valence-corrected chi connectivity index (χ2v) is 5.34. The van der Waals surface area contributed by atoms with Crippen LogP contribution in [0.15, 0.2) is 41.0 Å². The molecule has 3 rings (SSSR count). The third kappa shape index (κ3) is 3.02. The number of para-hydroxylation sites is 1. The number of nitrogens with one attached hydrogen (secondary N) is 1. The summed E-state index contributed by atoms with van der Waals surface area (Å²) in [5.74, 6) is 0.644. The molecular weight excluding hydrogens is 255 g/mol. The molecule has 0 saturated heterocycles. The van der Waals surface area contributed by atoms with E-state index in [1.807, 2.05) is 30.1 Å². The van der Waals surface area contributed by atoms with Gasteiger partial charge in [0.05, 0.1) is 18.5 Å². The van der Waals surface area contributed by atoms with Gasteiger partial charge < -0.3 is 14.6 Å². The maximum Gasteiger partial charge on any atom is 0.146 e. The smallest absolute Gasteiger partial charge is 0.146 e. The molecule has 1 fully saturated rings. The molecule has 0 atom stereocenters.